The normalized spacial score (nSPS) is 17.7. The predicted molar refractivity (Wildman–Crippen MR) is 68.5 cm³/mol. The van der Waals surface area contributed by atoms with E-state index < -0.39 is 0 Å². The molecule has 2 heteroatoms. The van der Waals surface area contributed by atoms with Crippen LogP contribution in [0.4, 0.5) is 5.69 Å². The first-order valence-electron chi connectivity index (χ1n) is 5.80. The van der Waals surface area contributed by atoms with Gasteiger partial charge < -0.3 is 10.0 Å². The summed E-state index contributed by atoms with van der Waals surface area (Å²) in [5.74, 6) is 0.511. The minimum Gasteiger partial charge on any atom is -0.389 e. The zero-order valence-corrected chi connectivity index (χ0v) is 9.93. The third-order valence-electron chi connectivity index (χ3n) is 3.00. The lowest BCUT2D eigenvalue weighted by atomic mass is 10.1. The zero-order valence-electron chi connectivity index (χ0n) is 9.93. The van der Waals surface area contributed by atoms with E-state index in [1.165, 1.54) is 18.5 Å². The van der Waals surface area contributed by atoms with Crippen LogP contribution in [0.5, 0.6) is 0 Å². The van der Waals surface area contributed by atoms with E-state index in [1.54, 1.807) is 0 Å². The fourth-order valence-corrected chi connectivity index (χ4v) is 1.69. The van der Waals surface area contributed by atoms with Gasteiger partial charge in [-0.05, 0) is 36.5 Å². The van der Waals surface area contributed by atoms with E-state index in [2.05, 4.69) is 29.2 Å². The average Bonchev–Trinajstić information content (AvgIpc) is 3.10. The Morgan fingerprint density at radius 2 is 1.88 bits per heavy atom. The molecule has 0 heterocycles. The molecule has 2 rings (SSSR count). The van der Waals surface area contributed by atoms with Crippen LogP contribution in [-0.4, -0.2) is 25.3 Å². The number of anilines is 1. The van der Waals surface area contributed by atoms with Crippen LogP contribution in [-0.2, 0) is 0 Å². The van der Waals surface area contributed by atoms with Crippen molar-refractivity contribution in [1.82, 2.24) is 0 Å². The largest absolute Gasteiger partial charge is 0.389 e. The standard InChI is InChI=1S/C14H19NO/c1-15(2)13-8-3-11(4-9-13)5-10-14(16)12-6-7-12/h3-5,8-10,12,14,16H,6-7H2,1-2H3. The number of benzene rings is 1. The molecule has 1 unspecified atom stereocenters. The van der Waals surface area contributed by atoms with Crippen molar-refractivity contribution in [2.75, 3.05) is 19.0 Å². The van der Waals surface area contributed by atoms with Gasteiger partial charge in [0.05, 0.1) is 6.10 Å². The number of hydrogen-bond donors (Lipinski definition) is 1. The van der Waals surface area contributed by atoms with Crippen molar-refractivity contribution in [3.05, 3.63) is 35.9 Å². The minimum atomic E-state index is -0.256. The van der Waals surface area contributed by atoms with E-state index >= 15 is 0 Å². The van der Waals surface area contributed by atoms with Crippen LogP contribution >= 0.6 is 0 Å². The second kappa shape index (κ2) is 4.71. The van der Waals surface area contributed by atoms with Crippen LogP contribution in [0.1, 0.15) is 18.4 Å². The van der Waals surface area contributed by atoms with Gasteiger partial charge in [0.1, 0.15) is 0 Å². The molecule has 1 aliphatic carbocycles. The second-order valence-corrected chi connectivity index (χ2v) is 4.67. The molecule has 16 heavy (non-hydrogen) atoms. The predicted octanol–water partition coefficient (Wildman–Crippen LogP) is 2.54. The molecule has 1 fully saturated rings. The summed E-state index contributed by atoms with van der Waals surface area (Å²) < 4.78 is 0. The Morgan fingerprint density at radius 1 is 1.25 bits per heavy atom. The summed E-state index contributed by atoms with van der Waals surface area (Å²) in [6.07, 6.45) is 5.99. The fourth-order valence-electron chi connectivity index (χ4n) is 1.69. The Kier molecular flexibility index (Phi) is 3.30. The smallest absolute Gasteiger partial charge is 0.0752 e. The zero-order chi connectivity index (χ0) is 11.5. The maximum Gasteiger partial charge on any atom is 0.0752 e. The molecule has 0 bridgehead atoms. The van der Waals surface area contributed by atoms with Gasteiger partial charge in [0.2, 0.25) is 0 Å². The number of aliphatic hydroxyl groups is 1. The van der Waals surface area contributed by atoms with Crippen molar-refractivity contribution in [2.24, 2.45) is 5.92 Å². The molecule has 1 aliphatic rings. The molecule has 0 saturated heterocycles. The summed E-state index contributed by atoms with van der Waals surface area (Å²) in [6.45, 7) is 0. The van der Waals surface area contributed by atoms with Crippen molar-refractivity contribution in [1.29, 1.82) is 0 Å². The summed E-state index contributed by atoms with van der Waals surface area (Å²) in [4.78, 5) is 2.08. The fraction of sp³-hybridized carbons (Fsp3) is 0.429. The Labute approximate surface area is 97.2 Å². The van der Waals surface area contributed by atoms with Gasteiger partial charge in [-0.1, -0.05) is 24.3 Å². The first kappa shape index (κ1) is 11.2. The van der Waals surface area contributed by atoms with Crippen molar-refractivity contribution in [3.63, 3.8) is 0 Å². The van der Waals surface area contributed by atoms with E-state index in [4.69, 9.17) is 0 Å². The first-order valence-corrected chi connectivity index (χ1v) is 5.80. The van der Waals surface area contributed by atoms with Crippen LogP contribution in [0.3, 0.4) is 0 Å². The van der Waals surface area contributed by atoms with Crippen LogP contribution in [0, 0.1) is 5.92 Å². The Hall–Kier alpha value is -1.28. The molecule has 86 valence electrons. The average molecular weight is 217 g/mol. The lowest BCUT2D eigenvalue weighted by Gasteiger charge is -2.11. The molecule has 0 radical (unpaired) electrons. The van der Waals surface area contributed by atoms with E-state index in [0.717, 1.165) is 5.56 Å². The number of aliphatic hydroxyl groups excluding tert-OH is 1. The summed E-state index contributed by atoms with van der Waals surface area (Å²) in [5.41, 5.74) is 2.34. The second-order valence-electron chi connectivity index (χ2n) is 4.67. The summed E-state index contributed by atoms with van der Waals surface area (Å²) >= 11 is 0. The van der Waals surface area contributed by atoms with Crippen molar-refractivity contribution in [3.8, 4) is 0 Å². The topological polar surface area (TPSA) is 23.5 Å². The van der Waals surface area contributed by atoms with E-state index in [9.17, 15) is 5.11 Å². The molecule has 1 aromatic rings. The SMILES string of the molecule is CN(C)c1ccc(C=CC(O)C2CC2)cc1. The van der Waals surface area contributed by atoms with Gasteiger partial charge in [-0.15, -0.1) is 0 Å². The van der Waals surface area contributed by atoms with Crippen LogP contribution in [0.15, 0.2) is 30.3 Å². The van der Waals surface area contributed by atoms with Crippen molar-refractivity contribution in [2.45, 2.75) is 18.9 Å². The van der Waals surface area contributed by atoms with Gasteiger partial charge in [-0.3, -0.25) is 0 Å². The molecule has 1 saturated carbocycles. The third kappa shape index (κ3) is 2.86. The Morgan fingerprint density at radius 3 is 2.38 bits per heavy atom. The van der Waals surface area contributed by atoms with Gasteiger partial charge in [0.25, 0.3) is 0 Å². The molecule has 2 nitrogen and oxygen atoms in total. The monoisotopic (exact) mass is 217 g/mol. The van der Waals surface area contributed by atoms with Gasteiger partial charge >= 0.3 is 0 Å². The third-order valence-corrected chi connectivity index (χ3v) is 3.00. The lowest BCUT2D eigenvalue weighted by molar-refractivity contribution is 0.200. The lowest BCUT2D eigenvalue weighted by Crippen LogP contribution is -2.08. The number of nitrogens with zero attached hydrogens (tertiary/aromatic N) is 1. The summed E-state index contributed by atoms with van der Waals surface area (Å²) in [5, 5.41) is 9.70. The molecular formula is C14H19NO. The number of rotatable bonds is 4. The van der Waals surface area contributed by atoms with Crippen molar-refractivity contribution >= 4 is 11.8 Å². The van der Waals surface area contributed by atoms with E-state index in [-0.39, 0.29) is 6.10 Å². The highest BCUT2D eigenvalue weighted by Gasteiger charge is 2.27. The summed E-state index contributed by atoms with van der Waals surface area (Å²) in [6, 6.07) is 8.32. The highest BCUT2D eigenvalue weighted by atomic mass is 16.3. The number of hydrogen-bond acceptors (Lipinski definition) is 2. The van der Waals surface area contributed by atoms with E-state index in [0.29, 0.717) is 5.92 Å². The highest BCUT2D eigenvalue weighted by molar-refractivity contribution is 5.55. The molecule has 1 aromatic carbocycles. The first-order chi connectivity index (χ1) is 7.66. The van der Waals surface area contributed by atoms with Gasteiger partial charge in [0, 0.05) is 19.8 Å². The van der Waals surface area contributed by atoms with Crippen LogP contribution in [0.2, 0.25) is 0 Å². The minimum absolute atomic E-state index is 0.256. The Bertz CT molecular complexity index is 363. The molecule has 0 amide bonds. The van der Waals surface area contributed by atoms with Gasteiger partial charge in [0.15, 0.2) is 0 Å². The molecule has 0 aliphatic heterocycles. The van der Waals surface area contributed by atoms with Crippen molar-refractivity contribution < 1.29 is 5.11 Å². The van der Waals surface area contributed by atoms with Gasteiger partial charge in [-0.2, -0.15) is 0 Å². The molecule has 1 atom stereocenters. The maximum atomic E-state index is 9.70. The van der Waals surface area contributed by atoms with E-state index in [1.807, 2.05) is 26.2 Å². The molecule has 1 N–H and O–H groups in total. The molecule has 0 aromatic heterocycles. The molecule has 0 spiro atoms. The summed E-state index contributed by atoms with van der Waals surface area (Å²) in [7, 11) is 4.06. The maximum absolute atomic E-state index is 9.70. The van der Waals surface area contributed by atoms with Crippen LogP contribution in [0.25, 0.3) is 6.08 Å². The molecular weight excluding hydrogens is 198 g/mol. The highest BCUT2D eigenvalue weighted by Crippen LogP contribution is 2.33. The van der Waals surface area contributed by atoms with Gasteiger partial charge in [-0.25, -0.2) is 0 Å². The van der Waals surface area contributed by atoms with Crippen LogP contribution < -0.4 is 4.90 Å². The Balaban J connectivity index is 1.98. The quantitative estimate of drug-likeness (QED) is 0.837.